The summed E-state index contributed by atoms with van der Waals surface area (Å²) in [7, 11) is 0. The summed E-state index contributed by atoms with van der Waals surface area (Å²) < 4.78 is 13.1. The standard InChI is InChI=1S/C47H57N11O6S/c1-31-42(65-30-51-31)34-10-8-32(9-11-34)24-50-45(61)38-23-36(59)27-57(38)46(62)43(47(2,3)4)53-40(60)28-63-21-6-16-55-17-19-56(20-18-55)35-14-12-33(13-15-35)41-44-54-52-29-58(44)39(26-49-41)48-25-37-7-5-22-64-37/h5,7-15,22,26,29-30,36,38,43,48,59H,6,16-21,23-25,27-28H2,1-4H3,(H,50,61)(H,53,60)/t36-,38+,43-/m1/s1. The SMILES string of the molecule is Cc1ncsc1-c1ccc(CNC(=O)[C@@H]2C[C@@H](O)CN2C(=O)[C@@H](NC(=O)COCCCN2CCN(c3ccc(-c4ncc(NCc5ccco5)n5cnnc45)cc3)CC2)C(C)(C)C)cc1. The number of hydrogen-bond donors (Lipinski definition) is 4. The molecule has 17 nitrogen and oxygen atoms in total. The molecule has 0 unspecified atom stereocenters. The molecule has 3 atom stereocenters. The Kier molecular flexibility index (Phi) is 14.2. The monoisotopic (exact) mass is 903 g/mol. The summed E-state index contributed by atoms with van der Waals surface area (Å²) in [5.74, 6) is 0.418. The van der Waals surface area contributed by atoms with Gasteiger partial charge in [-0.25, -0.2) is 9.97 Å². The van der Waals surface area contributed by atoms with Crippen LogP contribution in [0.15, 0.2) is 89.4 Å². The number of aliphatic hydroxyl groups is 1. The molecule has 2 aliphatic rings. The van der Waals surface area contributed by atoms with Crippen LogP contribution in [0.4, 0.5) is 11.5 Å². The molecule has 6 heterocycles. The van der Waals surface area contributed by atoms with Crippen molar-refractivity contribution in [2.75, 3.05) is 62.7 Å². The number of furan rings is 1. The summed E-state index contributed by atoms with van der Waals surface area (Å²) in [6, 6.07) is 18.3. The number of carbonyl (C=O) groups excluding carboxylic acids is 3. The molecule has 2 saturated heterocycles. The van der Waals surface area contributed by atoms with Crippen LogP contribution < -0.4 is 20.9 Å². The van der Waals surface area contributed by atoms with Crippen molar-refractivity contribution in [2.24, 2.45) is 5.41 Å². The minimum absolute atomic E-state index is 0.00695. The first kappa shape index (κ1) is 45.4. The Morgan fingerprint density at radius 1 is 0.985 bits per heavy atom. The largest absolute Gasteiger partial charge is 0.467 e. The Bertz CT molecular complexity index is 2530. The average molecular weight is 904 g/mol. The van der Waals surface area contributed by atoms with Gasteiger partial charge in [-0.3, -0.25) is 23.7 Å². The maximum Gasteiger partial charge on any atom is 0.246 e. The third-order valence-corrected chi connectivity index (χ3v) is 12.9. The van der Waals surface area contributed by atoms with Gasteiger partial charge in [0.1, 0.15) is 42.3 Å². The molecule has 2 aromatic carbocycles. The second-order valence-electron chi connectivity index (χ2n) is 17.7. The maximum atomic E-state index is 14.0. The number of aromatic nitrogens is 5. The minimum atomic E-state index is -0.927. The number of amides is 3. The minimum Gasteiger partial charge on any atom is -0.467 e. The van der Waals surface area contributed by atoms with E-state index >= 15 is 0 Å². The van der Waals surface area contributed by atoms with Gasteiger partial charge in [-0.2, -0.15) is 0 Å². The lowest BCUT2D eigenvalue weighted by Crippen LogP contribution is -2.58. The molecule has 6 aromatic rings. The zero-order valence-electron chi connectivity index (χ0n) is 37.3. The van der Waals surface area contributed by atoms with E-state index in [1.54, 1.807) is 30.1 Å². The topological polar surface area (TPSA) is 196 Å². The van der Waals surface area contributed by atoms with Gasteiger partial charge in [-0.1, -0.05) is 57.2 Å². The van der Waals surface area contributed by atoms with Crippen LogP contribution in [0, 0.1) is 12.3 Å². The van der Waals surface area contributed by atoms with Gasteiger partial charge in [-0.15, -0.1) is 21.5 Å². The van der Waals surface area contributed by atoms with E-state index in [2.05, 4.69) is 65.2 Å². The normalized spacial score (nSPS) is 17.4. The fourth-order valence-corrected chi connectivity index (χ4v) is 9.15. The van der Waals surface area contributed by atoms with Crippen molar-refractivity contribution in [3.05, 3.63) is 102 Å². The molecule has 342 valence electrons. The summed E-state index contributed by atoms with van der Waals surface area (Å²) in [6.45, 7) is 13.0. The molecule has 8 rings (SSSR count). The van der Waals surface area contributed by atoms with Crippen LogP contribution in [0.1, 0.15) is 50.6 Å². The van der Waals surface area contributed by atoms with Crippen molar-refractivity contribution in [3.63, 3.8) is 0 Å². The molecule has 65 heavy (non-hydrogen) atoms. The first-order valence-electron chi connectivity index (χ1n) is 22.1. The quantitative estimate of drug-likeness (QED) is 0.0916. The van der Waals surface area contributed by atoms with E-state index in [0.29, 0.717) is 18.8 Å². The number of nitrogens with zero attached hydrogens (tertiary/aromatic N) is 8. The lowest BCUT2D eigenvalue weighted by molar-refractivity contribution is -0.144. The van der Waals surface area contributed by atoms with E-state index in [1.807, 2.05) is 74.0 Å². The summed E-state index contributed by atoms with van der Waals surface area (Å²) in [6.07, 6.45) is 5.12. The second kappa shape index (κ2) is 20.3. The van der Waals surface area contributed by atoms with E-state index in [0.717, 1.165) is 89.4 Å². The van der Waals surface area contributed by atoms with Gasteiger partial charge in [0.25, 0.3) is 0 Å². The van der Waals surface area contributed by atoms with Crippen molar-refractivity contribution in [1.29, 1.82) is 0 Å². The maximum absolute atomic E-state index is 14.0. The highest BCUT2D eigenvalue weighted by atomic mass is 32.1. The van der Waals surface area contributed by atoms with E-state index in [4.69, 9.17) is 14.1 Å². The van der Waals surface area contributed by atoms with Gasteiger partial charge >= 0.3 is 0 Å². The lowest BCUT2D eigenvalue weighted by Gasteiger charge is -2.36. The van der Waals surface area contributed by atoms with E-state index in [9.17, 15) is 19.5 Å². The lowest BCUT2D eigenvalue weighted by atomic mass is 9.85. The van der Waals surface area contributed by atoms with E-state index in [-0.39, 0.29) is 32.0 Å². The number of β-amino-alcohol motifs (C(OH)–C–C–N with tert-alkyl or cyclic N) is 1. The second-order valence-corrected chi connectivity index (χ2v) is 18.5. The third-order valence-electron chi connectivity index (χ3n) is 11.9. The third kappa shape index (κ3) is 11.0. The number of aryl methyl sites for hydroxylation is 1. The molecule has 0 bridgehead atoms. The van der Waals surface area contributed by atoms with Crippen molar-refractivity contribution in [1.82, 2.24) is 45.0 Å². The van der Waals surface area contributed by atoms with Gasteiger partial charge in [0.2, 0.25) is 17.7 Å². The molecule has 0 aliphatic carbocycles. The molecule has 2 fully saturated rings. The number of hydrogen-bond acceptors (Lipinski definition) is 14. The Morgan fingerprint density at radius 2 is 1.75 bits per heavy atom. The van der Waals surface area contributed by atoms with Crippen LogP contribution >= 0.6 is 11.3 Å². The van der Waals surface area contributed by atoms with Crippen LogP contribution in [0.3, 0.4) is 0 Å². The fraction of sp³-hybridized carbons (Fsp3) is 0.426. The predicted octanol–water partition coefficient (Wildman–Crippen LogP) is 4.77. The number of likely N-dealkylation sites (tertiary alicyclic amines) is 1. The highest BCUT2D eigenvalue weighted by molar-refractivity contribution is 7.13. The Morgan fingerprint density at radius 3 is 2.46 bits per heavy atom. The average Bonchev–Trinajstić information content (AvgIpc) is 4.15. The van der Waals surface area contributed by atoms with Crippen molar-refractivity contribution < 1.29 is 28.6 Å². The Balaban J connectivity index is 0.753. The van der Waals surface area contributed by atoms with Crippen molar-refractivity contribution >= 4 is 46.2 Å². The van der Waals surface area contributed by atoms with Gasteiger partial charge < -0.3 is 40.0 Å². The number of ether oxygens (including phenoxy) is 1. The van der Waals surface area contributed by atoms with Gasteiger partial charge in [0.05, 0.1) is 41.2 Å². The molecule has 18 heteroatoms. The fourth-order valence-electron chi connectivity index (χ4n) is 8.34. The number of nitrogens with one attached hydrogen (secondary N) is 3. The smallest absolute Gasteiger partial charge is 0.246 e. The number of anilines is 2. The van der Waals surface area contributed by atoms with Crippen LogP contribution in [0.5, 0.6) is 0 Å². The summed E-state index contributed by atoms with van der Waals surface area (Å²) >= 11 is 1.58. The molecule has 4 aromatic heterocycles. The van der Waals surface area contributed by atoms with E-state index < -0.39 is 35.4 Å². The summed E-state index contributed by atoms with van der Waals surface area (Å²) in [5.41, 5.74) is 7.60. The zero-order valence-corrected chi connectivity index (χ0v) is 38.1. The van der Waals surface area contributed by atoms with Crippen molar-refractivity contribution in [2.45, 2.75) is 71.8 Å². The predicted molar refractivity (Wildman–Crippen MR) is 248 cm³/mol. The number of thiazole rings is 1. The number of benzene rings is 2. The molecule has 0 radical (unpaired) electrons. The first-order valence-corrected chi connectivity index (χ1v) is 22.9. The van der Waals surface area contributed by atoms with Crippen molar-refractivity contribution in [3.8, 4) is 21.7 Å². The zero-order chi connectivity index (χ0) is 45.5. The van der Waals surface area contributed by atoms with Crippen LogP contribution in [-0.4, -0.2) is 128 Å². The number of fused-ring (bicyclic) bond motifs is 1. The molecule has 0 saturated carbocycles. The highest BCUT2D eigenvalue weighted by Gasteiger charge is 2.44. The van der Waals surface area contributed by atoms with Crippen LogP contribution in [0.25, 0.3) is 27.3 Å². The number of carbonyl (C=O) groups is 3. The summed E-state index contributed by atoms with van der Waals surface area (Å²) in [5, 5.41) is 28.2. The number of rotatable bonds is 17. The van der Waals surface area contributed by atoms with Crippen LogP contribution in [0.2, 0.25) is 0 Å². The van der Waals surface area contributed by atoms with Gasteiger partial charge in [-0.05, 0) is 54.2 Å². The van der Waals surface area contributed by atoms with E-state index in [1.165, 1.54) is 4.90 Å². The molecule has 3 amide bonds. The van der Waals surface area contributed by atoms with Gasteiger partial charge in [0, 0.05) is 70.1 Å². The number of piperazine rings is 1. The number of aliphatic hydroxyl groups excluding tert-OH is 1. The molecular weight excluding hydrogens is 847 g/mol. The first-order chi connectivity index (χ1) is 31.4. The molecular formula is C47H57N11O6S. The Hall–Kier alpha value is -6.21. The Labute approximate surface area is 382 Å². The van der Waals surface area contributed by atoms with Gasteiger partial charge in [0.15, 0.2) is 5.65 Å². The molecule has 4 N–H and O–H groups in total. The summed E-state index contributed by atoms with van der Waals surface area (Å²) in [4.78, 5) is 57.0. The highest BCUT2D eigenvalue weighted by Crippen LogP contribution is 2.30. The molecule has 0 spiro atoms. The van der Waals surface area contributed by atoms with Crippen LogP contribution in [-0.2, 0) is 32.2 Å². The molecule has 2 aliphatic heterocycles.